The molecular weight excluding hydrogens is 330 g/mol. The van der Waals surface area contributed by atoms with Gasteiger partial charge in [0.15, 0.2) is 5.82 Å². The predicted octanol–water partition coefficient (Wildman–Crippen LogP) is 4.68. The van der Waals surface area contributed by atoms with E-state index in [2.05, 4.69) is 30.9 Å². The van der Waals surface area contributed by atoms with Crippen molar-refractivity contribution in [3.8, 4) is 11.5 Å². The molecule has 3 nitrogen and oxygen atoms in total. The maximum atomic E-state index is 5.34. The van der Waals surface area contributed by atoms with E-state index in [0.717, 1.165) is 16.0 Å². The van der Waals surface area contributed by atoms with Crippen LogP contribution in [0.5, 0.6) is 0 Å². The van der Waals surface area contributed by atoms with Gasteiger partial charge >= 0.3 is 0 Å². The lowest BCUT2D eigenvalue weighted by Gasteiger charge is -2.13. The lowest BCUT2D eigenvalue weighted by Crippen LogP contribution is -2.02. The number of thiazole rings is 1. The minimum Gasteiger partial charge on any atom is -0.340 e. The van der Waals surface area contributed by atoms with E-state index < -0.39 is 0 Å². The second-order valence-electron chi connectivity index (χ2n) is 4.47. The molecule has 0 aliphatic heterocycles. The Morgan fingerprint density at radius 2 is 2.17 bits per heavy atom. The summed E-state index contributed by atoms with van der Waals surface area (Å²) in [6.45, 7) is 0. The summed E-state index contributed by atoms with van der Waals surface area (Å²) in [5, 5.41) is 1.99. The van der Waals surface area contributed by atoms with E-state index in [1.54, 1.807) is 11.3 Å². The molecule has 2 aromatic rings. The van der Waals surface area contributed by atoms with Crippen LogP contribution in [0.1, 0.15) is 37.3 Å². The lowest BCUT2D eigenvalue weighted by atomic mass is 10.0. The molecular formula is C12H12BrN3S2. The van der Waals surface area contributed by atoms with Crippen molar-refractivity contribution < 1.29 is 0 Å². The Kier molecular flexibility index (Phi) is 3.59. The normalized spacial score (nSPS) is 16.3. The number of nitrogens with zero attached hydrogens (tertiary/aromatic N) is 2. The number of aromatic amines is 1. The minimum absolute atomic E-state index is 0.571. The third-order valence-electron chi connectivity index (χ3n) is 3.33. The molecule has 2 aromatic heterocycles. The number of hydrogen-bond donors (Lipinski definition) is 1. The quantitative estimate of drug-likeness (QED) is 0.806. The van der Waals surface area contributed by atoms with Crippen LogP contribution in [0.4, 0.5) is 0 Å². The van der Waals surface area contributed by atoms with Gasteiger partial charge in [-0.2, -0.15) is 0 Å². The Morgan fingerprint density at radius 3 is 2.83 bits per heavy atom. The second-order valence-corrected chi connectivity index (χ2v) is 6.37. The van der Waals surface area contributed by atoms with Gasteiger partial charge in [-0.05, 0) is 28.8 Å². The molecule has 18 heavy (non-hydrogen) atoms. The largest absolute Gasteiger partial charge is 0.340 e. The van der Waals surface area contributed by atoms with E-state index in [9.17, 15) is 0 Å². The summed E-state index contributed by atoms with van der Waals surface area (Å²) < 4.78 is 1.57. The molecule has 6 heteroatoms. The van der Waals surface area contributed by atoms with Crippen molar-refractivity contribution in [1.29, 1.82) is 0 Å². The van der Waals surface area contributed by atoms with Crippen LogP contribution in [-0.2, 0) is 0 Å². The summed E-state index contributed by atoms with van der Waals surface area (Å²) in [5.41, 5.74) is 3.87. The molecule has 94 valence electrons. The molecule has 1 fully saturated rings. The minimum atomic E-state index is 0.571. The first-order valence-electron chi connectivity index (χ1n) is 5.94. The van der Waals surface area contributed by atoms with E-state index in [4.69, 9.17) is 12.2 Å². The van der Waals surface area contributed by atoms with Crippen LogP contribution < -0.4 is 0 Å². The van der Waals surface area contributed by atoms with E-state index in [1.807, 2.05) is 10.9 Å². The van der Waals surface area contributed by atoms with E-state index >= 15 is 0 Å². The number of hydrogen-bond acceptors (Lipinski definition) is 4. The van der Waals surface area contributed by atoms with Gasteiger partial charge in [-0.3, -0.25) is 0 Å². The van der Waals surface area contributed by atoms with E-state index in [-0.39, 0.29) is 0 Å². The standard InChI is InChI=1S/C12H12BrN3S2/c13-9-10(7-3-1-2-4-7)15-11(16-12(9)17)8-5-18-6-14-8/h5-7H,1-4H2,(H,15,16,17). The topological polar surface area (TPSA) is 41.6 Å². The van der Waals surface area contributed by atoms with Crippen LogP contribution >= 0.6 is 39.5 Å². The second kappa shape index (κ2) is 5.19. The highest BCUT2D eigenvalue weighted by atomic mass is 79.9. The SMILES string of the molecule is S=c1nc(-c2cscn2)[nH]c(C2CCCC2)c1Br. The summed E-state index contributed by atoms with van der Waals surface area (Å²) in [6, 6.07) is 0. The van der Waals surface area contributed by atoms with Crippen LogP contribution in [0.25, 0.3) is 11.5 Å². The number of halogens is 1. The van der Waals surface area contributed by atoms with Crippen molar-refractivity contribution in [3.63, 3.8) is 0 Å². The smallest absolute Gasteiger partial charge is 0.158 e. The Morgan fingerprint density at radius 1 is 1.39 bits per heavy atom. The summed E-state index contributed by atoms with van der Waals surface area (Å²) in [5.74, 6) is 1.35. The lowest BCUT2D eigenvalue weighted by molar-refractivity contribution is 0.689. The average Bonchev–Trinajstić information content (AvgIpc) is 3.03. The van der Waals surface area contributed by atoms with Gasteiger partial charge in [0.2, 0.25) is 0 Å². The van der Waals surface area contributed by atoms with E-state index in [1.165, 1.54) is 31.4 Å². The zero-order valence-electron chi connectivity index (χ0n) is 9.65. The van der Waals surface area contributed by atoms with Crippen molar-refractivity contribution in [2.24, 2.45) is 0 Å². The Labute approximate surface area is 123 Å². The van der Waals surface area contributed by atoms with E-state index in [0.29, 0.717) is 10.6 Å². The number of rotatable bonds is 2. The molecule has 0 saturated heterocycles. The Hall–Kier alpha value is -0.590. The zero-order chi connectivity index (χ0) is 12.5. The fourth-order valence-corrected chi connectivity index (χ4v) is 3.67. The van der Waals surface area contributed by atoms with Gasteiger partial charge < -0.3 is 4.98 Å². The van der Waals surface area contributed by atoms with Crippen LogP contribution in [-0.4, -0.2) is 15.0 Å². The average molecular weight is 342 g/mol. The maximum Gasteiger partial charge on any atom is 0.158 e. The summed E-state index contributed by atoms with van der Waals surface area (Å²) >= 11 is 10.5. The summed E-state index contributed by atoms with van der Waals surface area (Å²) in [6.07, 6.45) is 5.05. The Balaban J connectivity index is 2.10. The van der Waals surface area contributed by atoms with Gasteiger partial charge in [0.05, 0.1) is 9.98 Å². The summed E-state index contributed by atoms with van der Waals surface area (Å²) in [7, 11) is 0. The van der Waals surface area contributed by atoms with Gasteiger partial charge in [-0.1, -0.05) is 25.1 Å². The van der Waals surface area contributed by atoms with Crippen LogP contribution in [0, 0.1) is 4.64 Å². The fourth-order valence-electron chi connectivity index (χ4n) is 2.42. The van der Waals surface area contributed by atoms with Gasteiger partial charge in [0.1, 0.15) is 10.3 Å². The van der Waals surface area contributed by atoms with Crippen molar-refractivity contribution in [1.82, 2.24) is 15.0 Å². The highest BCUT2D eigenvalue weighted by Crippen LogP contribution is 2.37. The molecule has 2 heterocycles. The molecule has 1 saturated carbocycles. The van der Waals surface area contributed by atoms with Gasteiger partial charge in [-0.25, -0.2) is 9.97 Å². The third kappa shape index (κ3) is 2.29. The van der Waals surface area contributed by atoms with Crippen molar-refractivity contribution in [2.75, 3.05) is 0 Å². The first kappa shape index (κ1) is 12.4. The van der Waals surface area contributed by atoms with Gasteiger partial charge in [0, 0.05) is 17.0 Å². The molecule has 1 aliphatic carbocycles. The van der Waals surface area contributed by atoms with Crippen molar-refractivity contribution >= 4 is 39.5 Å². The van der Waals surface area contributed by atoms with Crippen molar-refractivity contribution in [2.45, 2.75) is 31.6 Å². The highest BCUT2D eigenvalue weighted by molar-refractivity contribution is 9.10. The predicted molar refractivity (Wildman–Crippen MR) is 79.4 cm³/mol. The maximum absolute atomic E-state index is 5.34. The first-order valence-corrected chi connectivity index (χ1v) is 8.08. The highest BCUT2D eigenvalue weighted by Gasteiger charge is 2.22. The fraction of sp³-hybridized carbons (Fsp3) is 0.417. The van der Waals surface area contributed by atoms with Crippen LogP contribution in [0.3, 0.4) is 0 Å². The van der Waals surface area contributed by atoms with Crippen LogP contribution in [0.15, 0.2) is 15.4 Å². The van der Waals surface area contributed by atoms with Crippen molar-refractivity contribution in [3.05, 3.63) is 25.7 Å². The molecule has 3 rings (SSSR count). The monoisotopic (exact) mass is 341 g/mol. The molecule has 0 atom stereocenters. The molecule has 0 unspecified atom stereocenters. The summed E-state index contributed by atoms with van der Waals surface area (Å²) in [4.78, 5) is 12.1. The number of aromatic nitrogens is 3. The molecule has 0 bridgehead atoms. The number of H-pyrrole nitrogens is 1. The molecule has 0 amide bonds. The van der Waals surface area contributed by atoms with Gasteiger partial charge in [-0.15, -0.1) is 11.3 Å². The molecule has 0 aromatic carbocycles. The Bertz CT molecular complexity index is 600. The molecule has 1 N–H and O–H groups in total. The zero-order valence-corrected chi connectivity index (χ0v) is 12.9. The van der Waals surface area contributed by atoms with Crippen LogP contribution in [0.2, 0.25) is 0 Å². The third-order valence-corrected chi connectivity index (χ3v) is 5.28. The molecule has 1 aliphatic rings. The van der Waals surface area contributed by atoms with Gasteiger partial charge in [0.25, 0.3) is 0 Å². The molecule has 0 radical (unpaired) electrons. The number of nitrogens with one attached hydrogen (secondary N) is 1. The molecule has 0 spiro atoms. The first-order chi connectivity index (χ1) is 8.75.